The van der Waals surface area contributed by atoms with Gasteiger partial charge in [-0.3, -0.25) is 0 Å². The standard InChI is InChI=1S/C19H25Cl2N5/c20-16-4-2-1-3-15(16)12-26(19-24-10-17(21)18(23)25-19)11-14-7-5-13(9-22)6-8-14/h1-4,10,13-14H,5-9,11-12,22H2,(H2,23,24,25). The third kappa shape index (κ3) is 4.78. The molecular weight excluding hydrogens is 369 g/mol. The van der Waals surface area contributed by atoms with Gasteiger partial charge >= 0.3 is 0 Å². The molecule has 140 valence electrons. The highest BCUT2D eigenvalue weighted by molar-refractivity contribution is 6.32. The molecule has 0 unspecified atom stereocenters. The van der Waals surface area contributed by atoms with Gasteiger partial charge in [0, 0.05) is 18.1 Å². The molecule has 2 aromatic rings. The van der Waals surface area contributed by atoms with Crippen LogP contribution in [0.4, 0.5) is 11.8 Å². The summed E-state index contributed by atoms with van der Waals surface area (Å²) < 4.78 is 0. The fourth-order valence-electron chi connectivity index (χ4n) is 3.53. The Hall–Kier alpha value is -1.56. The Bertz CT molecular complexity index is 732. The average molecular weight is 394 g/mol. The zero-order valence-electron chi connectivity index (χ0n) is 14.7. The Morgan fingerprint density at radius 2 is 1.73 bits per heavy atom. The summed E-state index contributed by atoms with van der Waals surface area (Å²) in [5.41, 5.74) is 12.8. The second-order valence-electron chi connectivity index (χ2n) is 7.00. The predicted molar refractivity (Wildman–Crippen MR) is 108 cm³/mol. The predicted octanol–water partition coefficient (Wildman–Crippen LogP) is 4.14. The van der Waals surface area contributed by atoms with Crippen molar-refractivity contribution in [1.29, 1.82) is 0 Å². The normalized spacial score (nSPS) is 20.1. The van der Waals surface area contributed by atoms with Gasteiger partial charge in [-0.1, -0.05) is 41.4 Å². The van der Waals surface area contributed by atoms with E-state index in [0.717, 1.165) is 23.7 Å². The lowest BCUT2D eigenvalue weighted by Crippen LogP contribution is -2.33. The lowest BCUT2D eigenvalue weighted by molar-refractivity contribution is 0.280. The minimum absolute atomic E-state index is 0.299. The van der Waals surface area contributed by atoms with Gasteiger partial charge in [-0.15, -0.1) is 0 Å². The van der Waals surface area contributed by atoms with E-state index in [1.807, 2.05) is 24.3 Å². The molecule has 3 rings (SSSR count). The van der Waals surface area contributed by atoms with E-state index in [1.165, 1.54) is 25.7 Å². The molecule has 1 aliphatic carbocycles. The summed E-state index contributed by atoms with van der Waals surface area (Å²) in [6.45, 7) is 2.29. The molecule has 7 heteroatoms. The number of aromatic nitrogens is 2. The van der Waals surface area contributed by atoms with Gasteiger partial charge in [0.25, 0.3) is 0 Å². The van der Waals surface area contributed by atoms with Crippen LogP contribution in [0.15, 0.2) is 30.5 Å². The number of hydrogen-bond acceptors (Lipinski definition) is 5. The Morgan fingerprint density at radius 1 is 1.04 bits per heavy atom. The minimum atomic E-state index is 0.299. The highest BCUT2D eigenvalue weighted by Gasteiger charge is 2.24. The van der Waals surface area contributed by atoms with Gasteiger partial charge in [0.1, 0.15) is 10.8 Å². The van der Waals surface area contributed by atoms with E-state index in [2.05, 4.69) is 14.9 Å². The average Bonchev–Trinajstić information content (AvgIpc) is 2.66. The number of benzene rings is 1. The van der Waals surface area contributed by atoms with Crippen LogP contribution in [0, 0.1) is 11.8 Å². The quantitative estimate of drug-likeness (QED) is 0.770. The number of anilines is 2. The van der Waals surface area contributed by atoms with E-state index in [-0.39, 0.29) is 0 Å². The number of hydrogen-bond donors (Lipinski definition) is 2. The summed E-state index contributed by atoms with van der Waals surface area (Å²) in [4.78, 5) is 10.9. The monoisotopic (exact) mass is 393 g/mol. The van der Waals surface area contributed by atoms with Gasteiger partial charge in [0.2, 0.25) is 5.95 Å². The Morgan fingerprint density at radius 3 is 2.38 bits per heavy atom. The minimum Gasteiger partial charge on any atom is -0.382 e. The van der Waals surface area contributed by atoms with Crippen molar-refractivity contribution < 1.29 is 0 Å². The molecule has 0 spiro atoms. The van der Waals surface area contributed by atoms with Crippen LogP contribution >= 0.6 is 23.2 Å². The van der Waals surface area contributed by atoms with Gasteiger partial charge in [-0.05, 0) is 55.7 Å². The fourth-order valence-corrected chi connectivity index (χ4v) is 3.82. The molecule has 1 saturated carbocycles. The van der Waals surface area contributed by atoms with Crippen LogP contribution in [0.3, 0.4) is 0 Å². The third-order valence-electron chi connectivity index (χ3n) is 5.14. The molecule has 0 amide bonds. The van der Waals surface area contributed by atoms with Crippen LogP contribution in [0.2, 0.25) is 10.0 Å². The van der Waals surface area contributed by atoms with Gasteiger partial charge in [-0.25, -0.2) is 4.98 Å². The molecule has 0 atom stereocenters. The van der Waals surface area contributed by atoms with E-state index < -0.39 is 0 Å². The Balaban J connectivity index is 1.79. The lowest BCUT2D eigenvalue weighted by Gasteiger charge is -2.32. The summed E-state index contributed by atoms with van der Waals surface area (Å²) in [6.07, 6.45) is 6.27. The first-order chi connectivity index (χ1) is 12.6. The molecule has 1 fully saturated rings. The van der Waals surface area contributed by atoms with Crippen molar-refractivity contribution in [3.8, 4) is 0 Å². The summed E-state index contributed by atoms with van der Waals surface area (Å²) in [6, 6.07) is 7.85. The van der Waals surface area contributed by atoms with E-state index >= 15 is 0 Å². The number of nitrogens with zero attached hydrogens (tertiary/aromatic N) is 3. The molecule has 26 heavy (non-hydrogen) atoms. The largest absolute Gasteiger partial charge is 0.382 e. The van der Waals surface area contributed by atoms with Crippen LogP contribution in [0.25, 0.3) is 0 Å². The maximum absolute atomic E-state index is 6.37. The van der Waals surface area contributed by atoms with Crippen LogP contribution in [-0.2, 0) is 6.54 Å². The molecule has 0 radical (unpaired) electrons. The zero-order chi connectivity index (χ0) is 18.5. The topological polar surface area (TPSA) is 81.1 Å². The summed E-state index contributed by atoms with van der Waals surface area (Å²) in [5.74, 6) is 2.13. The van der Waals surface area contributed by atoms with Gasteiger partial charge in [-0.2, -0.15) is 4.98 Å². The third-order valence-corrected chi connectivity index (χ3v) is 5.80. The highest BCUT2D eigenvalue weighted by Crippen LogP contribution is 2.31. The van der Waals surface area contributed by atoms with Crippen molar-refractivity contribution in [2.45, 2.75) is 32.2 Å². The zero-order valence-corrected chi connectivity index (χ0v) is 16.3. The van der Waals surface area contributed by atoms with Crippen molar-refractivity contribution in [1.82, 2.24) is 9.97 Å². The number of nitrogen functional groups attached to an aromatic ring is 1. The van der Waals surface area contributed by atoms with E-state index in [4.69, 9.17) is 34.7 Å². The molecule has 0 aliphatic heterocycles. The maximum Gasteiger partial charge on any atom is 0.227 e. The van der Waals surface area contributed by atoms with Crippen molar-refractivity contribution in [3.05, 3.63) is 46.1 Å². The number of nitrogens with two attached hydrogens (primary N) is 2. The lowest BCUT2D eigenvalue weighted by atomic mass is 9.82. The van der Waals surface area contributed by atoms with Crippen molar-refractivity contribution in [2.24, 2.45) is 17.6 Å². The number of rotatable bonds is 6. The fraction of sp³-hybridized carbons (Fsp3) is 0.474. The van der Waals surface area contributed by atoms with Crippen molar-refractivity contribution >= 4 is 35.0 Å². The number of halogens is 2. The second kappa shape index (κ2) is 8.89. The molecule has 1 heterocycles. The van der Waals surface area contributed by atoms with Crippen LogP contribution in [0.1, 0.15) is 31.2 Å². The van der Waals surface area contributed by atoms with E-state index in [1.54, 1.807) is 6.20 Å². The first kappa shape index (κ1) is 19.2. The molecule has 1 aliphatic rings. The smallest absolute Gasteiger partial charge is 0.227 e. The van der Waals surface area contributed by atoms with Crippen LogP contribution in [0.5, 0.6) is 0 Å². The second-order valence-corrected chi connectivity index (χ2v) is 7.81. The van der Waals surface area contributed by atoms with E-state index in [0.29, 0.717) is 35.2 Å². The van der Waals surface area contributed by atoms with Gasteiger partial charge in [0.05, 0.1) is 6.20 Å². The molecular formula is C19H25Cl2N5. The highest BCUT2D eigenvalue weighted by atomic mass is 35.5. The maximum atomic E-state index is 6.37. The Kier molecular flexibility index (Phi) is 6.57. The molecule has 1 aromatic carbocycles. The molecule has 5 nitrogen and oxygen atoms in total. The summed E-state index contributed by atoms with van der Waals surface area (Å²) in [7, 11) is 0. The van der Waals surface area contributed by atoms with Crippen molar-refractivity contribution in [3.63, 3.8) is 0 Å². The first-order valence-electron chi connectivity index (χ1n) is 9.03. The van der Waals surface area contributed by atoms with Gasteiger partial charge in [0.15, 0.2) is 0 Å². The van der Waals surface area contributed by atoms with Crippen molar-refractivity contribution in [2.75, 3.05) is 23.7 Å². The van der Waals surface area contributed by atoms with Crippen LogP contribution < -0.4 is 16.4 Å². The van der Waals surface area contributed by atoms with E-state index in [9.17, 15) is 0 Å². The molecule has 0 bridgehead atoms. The first-order valence-corrected chi connectivity index (χ1v) is 9.78. The summed E-state index contributed by atoms with van der Waals surface area (Å²) in [5, 5.41) is 1.11. The molecule has 4 N–H and O–H groups in total. The Labute approximate surface area is 164 Å². The summed E-state index contributed by atoms with van der Waals surface area (Å²) >= 11 is 12.4. The molecule has 0 saturated heterocycles. The van der Waals surface area contributed by atoms with Crippen LogP contribution in [-0.4, -0.2) is 23.1 Å². The molecule has 1 aromatic heterocycles. The SMILES string of the molecule is NCC1CCC(CN(Cc2ccccc2Cl)c2ncc(Cl)c(N)n2)CC1. The van der Waals surface area contributed by atoms with Gasteiger partial charge < -0.3 is 16.4 Å².